The Bertz CT molecular complexity index is 1240. The van der Waals surface area contributed by atoms with Crippen LogP contribution in [0.2, 0.25) is 10.0 Å². The monoisotopic (exact) mass is 462 g/mol. The van der Waals surface area contributed by atoms with Crippen LogP contribution >= 0.6 is 23.2 Å². The van der Waals surface area contributed by atoms with Gasteiger partial charge in [-0.3, -0.25) is 4.90 Å². The number of benzene rings is 2. The summed E-state index contributed by atoms with van der Waals surface area (Å²) in [6.45, 7) is 5.89. The number of nitrogens with zero attached hydrogens (tertiary/aromatic N) is 4. The summed E-state index contributed by atoms with van der Waals surface area (Å²) in [5.74, 6) is -0.860. The number of anilines is 1. The van der Waals surface area contributed by atoms with E-state index in [1.54, 1.807) is 53.4 Å². The highest BCUT2D eigenvalue weighted by molar-refractivity contribution is 6.30. The van der Waals surface area contributed by atoms with Crippen LogP contribution < -0.4 is 16.3 Å². The average Bonchev–Trinajstić information content (AvgIpc) is 3.11. The predicted octanol–water partition coefficient (Wildman–Crippen LogP) is 4.14. The van der Waals surface area contributed by atoms with Crippen molar-refractivity contribution in [3.8, 4) is 5.69 Å². The summed E-state index contributed by atoms with van der Waals surface area (Å²) in [4.78, 5) is 42.3. The maximum absolute atomic E-state index is 13.3. The molecule has 0 bridgehead atoms. The van der Waals surface area contributed by atoms with Crippen LogP contribution in [0.25, 0.3) is 5.69 Å². The van der Waals surface area contributed by atoms with E-state index in [0.717, 1.165) is 9.31 Å². The van der Waals surface area contributed by atoms with Gasteiger partial charge in [-0.25, -0.2) is 14.4 Å². The van der Waals surface area contributed by atoms with Crippen molar-refractivity contribution in [1.29, 1.82) is 0 Å². The molecule has 162 valence electrons. The second kappa shape index (κ2) is 7.62. The summed E-state index contributed by atoms with van der Waals surface area (Å²) in [5, 5.41) is 0.979. The van der Waals surface area contributed by atoms with Gasteiger partial charge in [0.15, 0.2) is 6.17 Å². The predicted molar refractivity (Wildman–Crippen MR) is 118 cm³/mol. The molecular formula is C21H20Cl2N4O4. The molecule has 1 aromatic heterocycles. The average molecular weight is 463 g/mol. The van der Waals surface area contributed by atoms with Crippen LogP contribution in [0.5, 0.6) is 0 Å². The lowest BCUT2D eigenvalue weighted by atomic mass is 10.0. The van der Waals surface area contributed by atoms with Crippen LogP contribution in [0.3, 0.4) is 0 Å². The lowest BCUT2D eigenvalue weighted by Gasteiger charge is -2.33. The van der Waals surface area contributed by atoms with E-state index in [9.17, 15) is 14.4 Å². The van der Waals surface area contributed by atoms with Gasteiger partial charge in [-0.05, 0) is 69.3 Å². The van der Waals surface area contributed by atoms with Crippen molar-refractivity contribution in [2.24, 2.45) is 0 Å². The minimum Gasteiger partial charge on any atom is -0.315 e. The van der Waals surface area contributed by atoms with E-state index in [2.05, 4.69) is 0 Å². The van der Waals surface area contributed by atoms with Gasteiger partial charge >= 0.3 is 17.5 Å². The molecule has 10 heteroatoms. The summed E-state index contributed by atoms with van der Waals surface area (Å²) in [5.41, 5.74) is -0.723. The Kier molecular flexibility index (Phi) is 5.23. The first-order valence-corrected chi connectivity index (χ1v) is 10.4. The zero-order valence-electron chi connectivity index (χ0n) is 17.1. The van der Waals surface area contributed by atoms with E-state index in [4.69, 9.17) is 27.7 Å². The lowest BCUT2D eigenvalue weighted by Crippen LogP contribution is -2.46. The smallest absolute Gasteiger partial charge is 0.315 e. The summed E-state index contributed by atoms with van der Waals surface area (Å²) in [6, 6.07) is 12.6. The van der Waals surface area contributed by atoms with E-state index < -0.39 is 23.2 Å². The van der Waals surface area contributed by atoms with Crippen LogP contribution in [0.15, 0.2) is 62.6 Å². The van der Waals surface area contributed by atoms with Gasteiger partial charge in [0.05, 0.1) is 11.2 Å². The Hall–Kier alpha value is -2.97. The van der Waals surface area contributed by atoms with E-state index in [0.29, 0.717) is 28.0 Å². The van der Waals surface area contributed by atoms with Crippen molar-refractivity contribution in [3.05, 3.63) is 79.6 Å². The highest BCUT2D eigenvalue weighted by atomic mass is 35.5. The largest absolute Gasteiger partial charge is 0.447 e. The van der Waals surface area contributed by atoms with Crippen LogP contribution in [0, 0.1) is 0 Å². The summed E-state index contributed by atoms with van der Waals surface area (Å²) >= 11 is 11.9. The second-order valence-corrected chi connectivity index (χ2v) is 8.55. The Balaban J connectivity index is 1.91. The Morgan fingerprint density at radius 2 is 1.42 bits per heavy atom. The molecule has 2 aromatic carbocycles. The second-order valence-electron chi connectivity index (χ2n) is 7.68. The molecule has 0 saturated carbocycles. The molecule has 0 N–H and O–H groups in total. The number of aromatic nitrogens is 2. The van der Waals surface area contributed by atoms with Crippen molar-refractivity contribution < 1.29 is 9.32 Å². The molecule has 4 rings (SSSR count). The van der Waals surface area contributed by atoms with Crippen molar-refractivity contribution in [2.45, 2.75) is 32.5 Å². The number of carbonyl (C=O) groups is 1. The molecule has 1 saturated heterocycles. The third-order valence-corrected chi connectivity index (χ3v) is 5.98. The maximum Gasteiger partial charge on any atom is 0.447 e. The van der Waals surface area contributed by atoms with Gasteiger partial charge in [0.2, 0.25) is 0 Å². The standard InChI is InChI=1S/C21H20Cl2N4O4/c1-4-24-18(28)25(15-9-5-13(22)6-10-15)17(21(24,2)3)27-19(29)26(20(30)31-27)16-11-7-14(23)8-12-16/h5-12,17H,4H2,1-3H3. The molecule has 1 atom stereocenters. The van der Waals surface area contributed by atoms with Crippen molar-refractivity contribution >= 4 is 34.9 Å². The number of hydrogen-bond donors (Lipinski definition) is 0. The zero-order chi connectivity index (χ0) is 22.5. The van der Waals surface area contributed by atoms with Gasteiger partial charge in [0.1, 0.15) is 0 Å². The van der Waals surface area contributed by atoms with Gasteiger partial charge in [-0.2, -0.15) is 4.57 Å². The molecule has 0 spiro atoms. The van der Waals surface area contributed by atoms with Crippen molar-refractivity contribution in [3.63, 3.8) is 0 Å². The molecule has 1 aliphatic heterocycles. The van der Waals surface area contributed by atoms with Crippen LogP contribution in [0.1, 0.15) is 26.9 Å². The minimum absolute atomic E-state index is 0.311. The van der Waals surface area contributed by atoms with Crippen LogP contribution in [0.4, 0.5) is 10.5 Å². The molecule has 8 nitrogen and oxygen atoms in total. The SMILES string of the molecule is CCN1C(=O)N(c2ccc(Cl)cc2)C(n2oc(=O)n(-c3ccc(Cl)cc3)c2=O)C1(C)C. The highest BCUT2D eigenvalue weighted by Crippen LogP contribution is 2.42. The van der Waals surface area contributed by atoms with Gasteiger partial charge in [0, 0.05) is 22.3 Å². The third kappa shape index (κ3) is 3.36. The Morgan fingerprint density at radius 1 is 0.903 bits per heavy atom. The summed E-state index contributed by atoms with van der Waals surface area (Å²) in [6.07, 6.45) is -0.908. The fourth-order valence-electron chi connectivity index (χ4n) is 4.03. The molecule has 2 amide bonds. The summed E-state index contributed by atoms with van der Waals surface area (Å²) in [7, 11) is 0. The Labute approximate surface area is 187 Å². The first-order valence-electron chi connectivity index (χ1n) is 9.64. The minimum atomic E-state index is -0.908. The maximum atomic E-state index is 13.3. The van der Waals surface area contributed by atoms with Gasteiger partial charge in [0.25, 0.3) is 0 Å². The highest BCUT2D eigenvalue weighted by Gasteiger charge is 2.54. The topological polar surface area (TPSA) is 80.7 Å². The van der Waals surface area contributed by atoms with Crippen molar-refractivity contribution in [2.75, 3.05) is 11.4 Å². The fourth-order valence-corrected chi connectivity index (χ4v) is 4.28. The van der Waals surface area contributed by atoms with E-state index in [1.165, 1.54) is 4.90 Å². The molecular weight excluding hydrogens is 443 g/mol. The van der Waals surface area contributed by atoms with Crippen molar-refractivity contribution in [1.82, 2.24) is 14.2 Å². The van der Waals surface area contributed by atoms with E-state index in [-0.39, 0.29) is 6.03 Å². The van der Waals surface area contributed by atoms with Crippen LogP contribution in [-0.2, 0) is 0 Å². The molecule has 3 aromatic rings. The molecule has 1 aliphatic rings. The van der Waals surface area contributed by atoms with Gasteiger partial charge in [-0.1, -0.05) is 23.2 Å². The number of urea groups is 1. The molecule has 0 aliphatic carbocycles. The fraction of sp³-hybridized carbons (Fsp3) is 0.286. The van der Waals surface area contributed by atoms with Crippen LogP contribution in [-0.4, -0.2) is 32.3 Å². The molecule has 1 fully saturated rings. The quantitative estimate of drug-likeness (QED) is 0.583. The lowest BCUT2D eigenvalue weighted by molar-refractivity contribution is 0.0999. The van der Waals surface area contributed by atoms with E-state index >= 15 is 0 Å². The molecule has 2 heterocycles. The number of rotatable bonds is 4. The third-order valence-electron chi connectivity index (χ3n) is 5.48. The number of hydrogen-bond acceptors (Lipinski definition) is 4. The number of amides is 2. The van der Waals surface area contributed by atoms with Gasteiger partial charge < -0.3 is 9.42 Å². The first kappa shape index (κ1) is 21.3. The first-order chi connectivity index (χ1) is 14.7. The zero-order valence-corrected chi connectivity index (χ0v) is 18.6. The molecule has 0 radical (unpaired) electrons. The summed E-state index contributed by atoms with van der Waals surface area (Å²) < 4.78 is 7.26. The van der Waals surface area contributed by atoms with E-state index in [1.807, 2.05) is 20.8 Å². The number of halogens is 2. The Morgan fingerprint density at radius 3 is 1.94 bits per heavy atom. The number of likely N-dealkylation sites (N-methyl/N-ethyl adjacent to an activating group) is 1. The number of carbonyl (C=O) groups excluding carboxylic acids is 1. The molecule has 31 heavy (non-hydrogen) atoms. The normalized spacial score (nSPS) is 18.1. The van der Waals surface area contributed by atoms with Gasteiger partial charge in [-0.15, -0.1) is 4.74 Å². The molecule has 1 unspecified atom stereocenters.